The maximum absolute atomic E-state index is 12.8. The van der Waals surface area contributed by atoms with Crippen LogP contribution in [-0.2, 0) is 9.53 Å². The van der Waals surface area contributed by atoms with Crippen LogP contribution in [0.5, 0.6) is 0 Å². The lowest BCUT2D eigenvalue weighted by molar-refractivity contribution is -0.135. The molecule has 3 aliphatic rings. The molecule has 0 unspecified atom stereocenters. The van der Waals surface area contributed by atoms with E-state index in [2.05, 4.69) is 10.4 Å². The summed E-state index contributed by atoms with van der Waals surface area (Å²) in [7, 11) is 0. The van der Waals surface area contributed by atoms with Crippen molar-refractivity contribution in [2.24, 2.45) is 11.8 Å². The molecule has 0 radical (unpaired) electrons. The zero-order chi connectivity index (χ0) is 20.2. The summed E-state index contributed by atoms with van der Waals surface area (Å²) in [5, 5.41) is 7.87. The van der Waals surface area contributed by atoms with Gasteiger partial charge in [0.2, 0.25) is 5.91 Å². The van der Waals surface area contributed by atoms with Gasteiger partial charge >= 0.3 is 0 Å². The topological polar surface area (TPSA) is 76.5 Å². The smallest absolute Gasteiger partial charge is 0.287 e. The van der Waals surface area contributed by atoms with Gasteiger partial charge in [0.1, 0.15) is 5.02 Å². The summed E-state index contributed by atoms with van der Waals surface area (Å²) in [5.74, 6) is 0.824. The number of carbonyl (C=O) groups excluding carboxylic acids is 1. The molecule has 1 N–H and O–H groups in total. The molecule has 3 heterocycles. The van der Waals surface area contributed by atoms with Crippen molar-refractivity contribution in [2.75, 3.05) is 38.2 Å². The molecule has 1 aliphatic carbocycles. The van der Waals surface area contributed by atoms with Gasteiger partial charge in [-0.15, -0.1) is 0 Å². The van der Waals surface area contributed by atoms with E-state index in [1.807, 2.05) is 4.90 Å². The van der Waals surface area contributed by atoms with E-state index in [4.69, 9.17) is 16.3 Å². The Morgan fingerprint density at radius 2 is 1.93 bits per heavy atom. The highest BCUT2D eigenvalue weighted by Crippen LogP contribution is 2.33. The fraction of sp³-hybridized carbons (Fsp3) is 0.762. The first-order chi connectivity index (χ1) is 14.1. The quantitative estimate of drug-likeness (QED) is 0.789. The van der Waals surface area contributed by atoms with Crippen LogP contribution >= 0.6 is 11.6 Å². The highest BCUT2D eigenvalue weighted by atomic mass is 35.5. The Labute approximate surface area is 176 Å². The van der Waals surface area contributed by atoms with Crippen molar-refractivity contribution in [1.29, 1.82) is 0 Å². The highest BCUT2D eigenvalue weighted by Gasteiger charge is 2.32. The molecule has 29 heavy (non-hydrogen) atoms. The van der Waals surface area contributed by atoms with Crippen molar-refractivity contribution in [3.05, 3.63) is 21.6 Å². The number of nitrogens with zero attached hydrogens (tertiary/aromatic N) is 3. The zero-order valence-electron chi connectivity index (χ0n) is 16.9. The molecular weight excluding hydrogens is 392 g/mol. The number of carbonyl (C=O) groups is 1. The number of aromatic nitrogens is 2. The van der Waals surface area contributed by atoms with Gasteiger partial charge in [0.15, 0.2) is 0 Å². The molecule has 0 spiro atoms. The molecule has 3 fully saturated rings. The average Bonchev–Trinajstić information content (AvgIpc) is 3.30. The van der Waals surface area contributed by atoms with Crippen LogP contribution < -0.4 is 10.9 Å². The van der Waals surface area contributed by atoms with Crippen LogP contribution in [0.15, 0.2) is 11.0 Å². The molecule has 1 amide bonds. The minimum atomic E-state index is -0.245. The van der Waals surface area contributed by atoms with Crippen LogP contribution in [0.4, 0.5) is 5.69 Å². The summed E-state index contributed by atoms with van der Waals surface area (Å²) >= 11 is 6.37. The second-order valence-electron chi connectivity index (χ2n) is 8.62. The third kappa shape index (κ3) is 4.77. The summed E-state index contributed by atoms with van der Waals surface area (Å²) in [6, 6.07) is 0.0171. The molecule has 0 bridgehead atoms. The van der Waals surface area contributed by atoms with Crippen molar-refractivity contribution >= 4 is 23.2 Å². The van der Waals surface area contributed by atoms with E-state index in [0.717, 1.165) is 84.2 Å². The Kier molecular flexibility index (Phi) is 6.75. The minimum Gasteiger partial charge on any atom is -0.382 e. The molecule has 4 rings (SSSR count). The van der Waals surface area contributed by atoms with Crippen molar-refractivity contribution in [2.45, 2.75) is 57.4 Å². The second kappa shape index (κ2) is 9.47. The molecule has 1 atom stereocenters. The lowest BCUT2D eigenvalue weighted by atomic mass is 9.85. The van der Waals surface area contributed by atoms with E-state index in [0.29, 0.717) is 17.5 Å². The van der Waals surface area contributed by atoms with Crippen molar-refractivity contribution in [3.63, 3.8) is 0 Å². The van der Waals surface area contributed by atoms with Crippen molar-refractivity contribution in [1.82, 2.24) is 14.7 Å². The SMILES string of the molecule is O=c1c(Cl)c(NC[C@H]2CCCOC2)cnn1[C@H]1CC[C@H](C(=O)N2CCCC2)CC1. The number of nitrogens with one attached hydrogen (secondary N) is 1. The van der Waals surface area contributed by atoms with Gasteiger partial charge in [0.25, 0.3) is 5.56 Å². The largest absolute Gasteiger partial charge is 0.382 e. The van der Waals surface area contributed by atoms with E-state index < -0.39 is 0 Å². The van der Waals surface area contributed by atoms with Gasteiger partial charge in [-0.1, -0.05) is 11.6 Å². The van der Waals surface area contributed by atoms with E-state index in [9.17, 15) is 9.59 Å². The van der Waals surface area contributed by atoms with E-state index in [-0.39, 0.29) is 22.5 Å². The summed E-state index contributed by atoms with van der Waals surface area (Å²) in [4.78, 5) is 27.4. The monoisotopic (exact) mass is 422 g/mol. The van der Waals surface area contributed by atoms with E-state index in [1.54, 1.807) is 6.20 Å². The number of hydrogen-bond donors (Lipinski definition) is 1. The van der Waals surface area contributed by atoms with Gasteiger partial charge in [0, 0.05) is 32.2 Å². The van der Waals surface area contributed by atoms with E-state index >= 15 is 0 Å². The number of hydrogen-bond acceptors (Lipinski definition) is 5. The third-order valence-electron chi connectivity index (χ3n) is 6.59. The van der Waals surface area contributed by atoms with Crippen LogP contribution in [0.25, 0.3) is 0 Å². The van der Waals surface area contributed by atoms with Crippen LogP contribution in [0.3, 0.4) is 0 Å². The Balaban J connectivity index is 1.34. The fourth-order valence-electron chi connectivity index (χ4n) is 4.81. The van der Waals surface area contributed by atoms with Crippen LogP contribution in [-0.4, -0.2) is 53.4 Å². The highest BCUT2D eigenvalue weighted by molar-refractivity contribution is 6.32. The first kappa shape index (κ1) is 20.7. The molecule has 2 aliphatic heterocycles. The maximum atomic E-state index is 12.8. The molecule has 8 heteroatoms. The molecule has 0 aromatic carbocycles. The standard InChI is InChI=1S/C21H31ClN4O3/c22-19-18(23-12-15-4-3-11-29-14-15)13-24-26(21(19)28)17-7-5-16(6-8-17)20(27)25-9-1-2-10-25/h13,15-17,23H,1-12,14H2/t15-,16-,17-/m1/s1. The third-order valence-corrected chi connectivity index (χ3v) is 6.95. The Bertz CT molecular complexity index is 764. The first-order valence-corrected chi connectivity index (χ1v) is 11.4. The van der Waals surface area contributed by atoms with Crippen LogP contribution in [0.1, 0.15) is 57.4 Å². The summed E-state index contributed by atoms with van der Waals surface area (Å²) in [6.45, 7) is 4.11. The van der Waals surface area contributed by atoms with Crippen molar-refractivity contribution in [3.8, 4) is 0 Å². The number of anilines is 1. The summed E-state index contributed by atoms with van der Waals surface area (Å²) in [6.07, 6.45) is 9.30. The molecular formula is C21H31ClN4O3. The molecule has 1 aromatic heterocycles. The van der Waals surface area contributed by atoms with E-state index in [1.165, 1.54) is 4.68 Å². The lowest BCUT2D eigenvalue weighted by Crippen LogP contribution is -2.37. The maximum Gasteiger partial charge on any atom is 0.287 e. The molecule has 7 nitrogen and oxygen atoms in total. The first-order valence-electron chi connectivity index (χ1n) is 11.0. The van der Waals surface area contributed by atoms with Gasteiger partial charge in [0.05, 0.1) is 24.5 Å². The Hall–Kier alpha value is -1.60. The van der Waals surface area contributed by atoms with Gasteiger partial charge in [-0.05, 0) is 57.3 Å². The predicted octanol–water partition coefficient (Wildman–Crippen LogP) is 3.09. The lowest BCUT2D eigenvalue weighted by Gasteiger charge is -2.30. The number of amides is 1. The number of rotatable bonds is 5. The zero-order valence-corrected chi connectivity index (χ0v) is 17.7. The minimum absolute atomic E-state index is 0.0171. The Morgan fingerprint density at radius 3 is 2.62 bits per heavy atom. The number of ether oxygens (including phenoxy) is 1. The Morgan fingerprint density at radius 1 is 1.17 bits per heavy atom. The average molecular weight is 423 g/mol. The van der Waals surface area contributed by atoms with Crippen LogP contribution in [0, 0.1) is 11.8 Å². The van der Waals surface area contributed by atoms with Gasteiger partial charge < -0.3 is 15.0 Å². The predicted molar refractivity (Wildman–Crippen MR) is 112 cm³/mol. The van der Waals surface area contributed by atoms with Gasteiger partial charge in [-0.3, -0.25) is 9.59 Å². The fourth-order valence-corrected chi connectivity index (χ4v) is 5.02. The molecule has 160 valence electrons. The van der Waals surface area contributed by atoms with Gasteiger partial charge in [-0.25, -0.2) is 4.68 Å². The van der Waals surface area contributed by atoms with Crippen LogP contribution in [0.2, 0.25) is 5.02 Å². The summed E-state index contributed by atoms with van der Waals surface area (Å²) < 4.78 is 7.02. The summed E-state index contributed by atoms with van der Waals surface area (Å²) in [5.41, 5.74) is 0.349. The number of halogens is 1. The molecule has 1 saturated carbocycles. The molecule has 1 aromatic rings. The number of likely N-dealkylation sites (tertiary alicyclic amines) is 1. The second-order valence-corrected chi connectivity index (χ2v) is 9.00. The van der Waals surface area contributed by atoms with Gasteiger partial charge in [-0.2, -0.15) is 5.10 Å². The van der Waals surface area contributed by atoms with Crippen molar-refractivity contribution < 1.29 is 9.53 Å². The molecule has 2 saturated heterocycles. The normalized spacial score (nSPS) is 27.8.